The monoisotopic (exact) mass is 591 g/mol. The Morgan fingerprint density at radius 2 is 1.93 bits per heavy atom. The molecule has 4 aromatic rings. The summed E-state index contributed by atoms with van der Waals surface area (Å²) in [5.41, 5.74) is 3.88. The van der Waals surface area contributed by atoms with Crippen molar-refractivity contribution in [3.8, 4) is 5.75 Å². The van der Waals surface area contributed by atoms with E-state index in [1.54, 1.807) is 18.2 Å². The quantitative estimate of drug-likeness (QED) is 0.285. The van der Waals surface area contributed by atoms with Gasteiger partial charge in [0.1, 0.15) is 29.5 Å². The van der Waals surface area contributed by atoms with Crippen molar-refractivity contribution < 1.29 is 23.8 Å². The van der Waals surface area contributed by atoms with E-state index >= 15 is 0 Å². The summed E-state index contributed by atoms with van der Waals surface area (Å²) >= 11 is 5.94. The van der Waals surface area contributed by atoms with Crippen LogP contribution in [0.25, 0.3) is 11.2 Å². The number of likely N-dealkylation sites (tertiary alicyclic amines) is 1. The van der Waals surface area contributed by atoms with Gasteiger partial charge >= 0.3 is 5.97 Å². The van der Waals surface area contributed by atoms with Gasteiger partial charge in [-0.15, -0.1) is 0 Å². The Bertz CT molecular complexity index is 1650. The van der Waals surface area contributed by atoms with Crippen molar-refractivity contribution in [2.45, 2.75) is 50.4 Å². The Morgan fingerprint density at radius 3 is 2.67 bits per heavy atom. The molecular formula is C31H31ClFN5O4. The lowest BCUT2D eigenvalue weighted by molar-refractivity contribution is -0.0593. The first-order valence-corrected chi connectivity index (χ1v) is 14.7. The molecule has 0 amide bonds. The molecule has 0 aliphatic carbocycles. The maximum absolute atomic E-state index is 14.6. The van der Waals surface area contributed by atoms with Gasteiger partial charge in [-0.25, -0.2) is 19.2 Å². The van der Waals surface area contributed by atoms with Crippen LogP contribution >= 0.6 is 11.6 Å². The number of piperidine rings is 1. The average Bonchev–Trinajstić information content (AvgIpc) is 3.30. The van der Waals surface area contributed by atoms with Crippen LogP contribution in [0.1, 0.15) is 58.7 Å². The minimum atomic E-state index is -1.05. The van der Waals surface area contributed by atoms with Gasteiger partial charge < -0.3 is 24.5 Å². The summed E-state index contributed by atoms with van der Waals surface area (Å²) in [4.78, 5) is 23.2. The summed E-state index contributed by atoms with van der Waals surface area (Å²) in [5, 5.41) is 13.3. The molecule has 0 radical (unpaired) electrons. The number of ether oxygens (including phenoxy) is 2. The number of imidazole rings is 1. The van der Waals surface area contributed by atoms with Crippen molar-refractivity contribution in [2.75, 3.05) is 31.6 Å². The fourth-order valence-electron chi connectivity index (χ4n) is 6.21. The number of benzene rings is 2. The maximum Gasteiger partial charge on any atom is 0.354 e. The van der Waals surface area contributed by atoms with Gasteiger partial charge in [-0.3, -0.25) is 4.90 Å². The molecule has 2 unspecified atom stereocenters. The molecule has 5 heterocycles. The molecule has 0 bridgehead atoms. The van der Waals surface area contributed by atoms with Crippen molar-refractivity contribution >= 4 is 34.4 Å². The lowest BCUT2D eigenvalue weighted by Crippen LogP contribution is -2.35. The minimum absolute atomic E-state index is 0.0121. The van der Waals surface area contributed by atoms with E-state index < -0.39 is 5.97 Å². The third-order valence-electron chi connectivity index (χ3n) is 8.57. The zero-order chi connectivity index (χ0) is 28.8. The molecule has 2 aromatic carbocycles. The Hall–Kier alpha value is -3.73. The van der Waals surface area contributed by atoms with Gasteiger partial charge in [-0.05, 0) is 74.2 Å². The van der Waals surface area contributed by atoms with Crippen LogP contribution in [0.2, 0.25) is 5.02 Å². The number of hydrogen-bond acceptors (Lipinski definition) is 7. The Morgan fingerprint density at radius 1 is 1.10 bits per heavy atom. The summed E-state index contributed by atoms with van der Waals surface area (Å²) in [5.74, 6) is 0.664. The van der Waals surface area contributed by atoms with Crippen LogP contribution in [0.5, 0.6) is 5.75 Å². The number of rotatable bonds is 7. The van der Waals surface area contributed by atoms with Gasteiger partial charge in [0.05, 0.1) is 30.9 Å². The number of para-hydroxylation sites is 1. The third kappa shape index (κ3) is 5.19. The van der Waals surface area contributed by atoms with Gasteiger partial charge in [0.2, 0.25) is 0 Å². The molecule has 2 saturated heterocycles. The van der Waals surface area contributed by atoms with Crippen molar-refractivity contribution in [3.63, 3.8) is 0 Å². The number of nitrogens with zero attached hydrogens (tertiary/aromatic N) is 4. The van der Waals surface area contributed by atoms with Gasteiger partial charge in [0.25, 0.3) is 0 Å². The summed E-state index contributed by atoms with van der Waals surface area (Å²) in [6.45, 7) is 4.11. The molecule has 3 aliphatic heterocycles. The number of carbonyl (C=O) groups is 1. The number of fused-ring (bicyclic) bond motifs is 2. The van der Waals surface area contributed by atoms with E-state index in [1.165, 1.54) is 17.7 Å². The Labute approximate surface area is 247 Å². The number of anilines is 1. The molecule has 2 aromatic heterocycles. The maximum atomic E-state index is 14.6. The zero-order valence-corrected chi connectivity index (χ0v) is 23.7. The molecule has 0 spiro atoms. The molecular weight excluding hydrogens is 561 g/mol. The minimum Gasteiger partial charge on any atom is -0.489 e. The third-order valence-corrected chi connectivity index (χ3v) is 8.80. The molecule has 42 heavy (non-hydrogen) atoms. The first-order valence-electron chi connectivity index (χ1n) is 14.3. The highest BCUT2D eigenvalue weighted by Gasteiger charge is 2.30. The molecule has 9 nitrogen and oxygen atoms in total. The number of halogens is 2. The normalized spacial score (nSPS) is 20.9. The van der Waals surface area contributed by atoms with Gasteiger partial charge in [-0.1, -0.05) is 29.8 Å². The van der Waals surface area contributed by atoms with E-state index in [1.807, 2.05) is 16.7 Å². The molecule has 2 N–H and O–H groups in total. The fourth-order valence-corrected chi connectivity index (χ4v) is 6.37. The smallest absolute Gasteiger partial charge is 0.354 e. The van der Waals surface area contributed by atoms with Crippen LogP contribution in [0.15, 0.2) is 48.5 Å². The second kappa shape index (κ2) is 11.2. The first-order chi connectivity index (χ1) is 20.4. The van der Waals surface area contributed by atoms with Crippen molar-refractivity contribution in [1.29, 1.82) is 0 Å². The molecule has 11 heteroatoms. The largest absolute Gasteiger partial charge is 0.489 e. The number of pyridine rings is 1. The van der Waals surface area contributed by atoms with E-state index in [4.69, 9.17) is 26.1 Å². The standard InChI is InChI=1S/C31H31ClFN5O4/c32-19-4-5-22(23(33)14-19)27-17-42-29-21(2-1-3-24(29)34-27)18-8-11-37(12-9-18)16-28-35-25-6-7-26(31(39)40)36-30(25)38(28)15-20-10-13-41-20/h1-7,14,18,20,27,34H,8-13,15-17H2,(H,39,40). The number of carboxylic acid groups (broad SMARTS) is 1. The number of aromatic carboxylic acids is 1. The van der Waals surface area contributed by atoms with Crippen LogP contribution in [-0.2, 0) is 17.8 Å². The van der Waals surface area contributed by atoms with E-state index in [9.17, 15) is 14.3 Å². The van der Waals surface area contributed by atoms with Crippen LogP contribution < -0.4 is 10.1 Å². The van der Waals surface area contributed by atoms with Gasteiger partial charge in [-0.2, -0.15) is 0 Å². The molecule has 2 fully saturated rings. The average molecular weight is 592 g/mol. The Kier molecular flexibility index (Phi) is 7.21. The summed E-state index contributed by atoms with van der Waals surface area (Å²) in [6.07, 6.45) is 2.98. The van der Waals surface area contributed by atoms with Crippen LogP contribution in [0.4, 0.5) is 10.1 Å². The summed E-state index contributed by atoms with van der Waals surface area (Å²) < 4.78 is 28.5. The molecule has 218 valence electrons. The van der Waals surface area contributed by atoms with E-state index in [-0.39, 0.29) is 23.7 Å². The summed E-state index contributed by atoms with van der Waals surface area (Å²) in [6, 6.07) is 13.8. The van der Waals surface area contributed by atoms with Crippen molar-refractivity contribution in [2.24, 2.45) is 0 Å². The topological polar surface area (TPSA) is 102 Å². The van der Waals surface area contributed by atoms with E-state index in [0.717, 1.165) is 56.2 Å². The predicted molar refractivity (Wildman–Crippen MR) is 156 cm³/mol. The van der Waals surface area contributed by atoms with Crippen molar-refractivity contribution in [1.82, 2.24) is 19.4 Å². The SMILES string of the molecule is O=C(O)c1ccc2nc(CN3CCC(c4cccc5c4OCC(c4ccc(Cl)cc4F)N5)CC3)n(CC3CCO3)c2n1. The van der Waals surface area contributed by atoms with Crippen LogP contribution in [0, 0.1) is 5.82 Å². The van der Waals surface area contributed by atoms with Crippen molar-refractivity contribution in [3.05, 3.63) is 82.0 Å². The second-order valence-corrected chi connectivity index (χ2v) is 11.6. The zero-order valence-electron chi connectivity index (χ0n) is 22.9. The van der Waals surface area contributed by atoms with E-state index in [2.05, 4.69) is 21.3 Å². The molecule has 7 rings (SSSR count). The number of aromatic nitrogens is 3. The highest BCUT2D eigenvalue weighted by Crippen LogP contribution is 2.43. The number of nitrogens with one attached hydrogen (secondary N) is 1. The van der Waals surface area contributed by atoms with Crippen LogP contribution in [0.3, 0.4) is 0 Å². The lowest BCUT2D eigenvalue weighted by atomic mass is 9.88. The predicted octanol–water partition coefficient (Wildman–Crippen LogP) is 5.64. The molecule has 3 aliphatic rings. The molecule has 2 atom stereocenters. The van der Waals surface area contributed by atoms with Crippen LogP contribution in [-0.4, -0.2) is 62.9 Å². The summed E-state index contributed by atoms with van der Waals surface area (Å²) in [7, 11) is 0. The molecule has 0 saturated carbocycles. The number of carboxylic acids is 1. The fraction of sp³-hybridized carbons (Fsp3) is 0.387. The number of hydrogen-bond donors (Lipinski definition) is 2. The second-order valence-electron chi connectivity index (χ2n) is 11.2. The van der Waals surface area contributed by atoms with Gasteiger partial charge in [0.15, 0.2) is 11.3 Å². The highest BCUT2D eigenvalue weighted by molar-refractivity contribution is 6.30. The lowest BCUT2D eigenvalue weighted by Gasteiger charge is -2.35. The highest BCUT2D eigenvalue weighted by atomic mass is 35.5. The first kappa shape index (κ1) is 27.1. The van der Waals surface area contributed by atoms with E-state index in [0.29, 0.717) is 47.4 Å². The Balaban J connectivity index is 1.05. The van der Waals surface area contributed by atoms with Gasteiger partial charge in [0, 0.05) is 17.2 Å².